The average Bonchev–Trinajstić information content (AvgIpc) is 2.75. The van der Waals surface area contributed by atoms with Crippen LogP contribution in [-0.2, 0) is 4.79 Å². The van der Waals surface area contributed by atoms with Gasteiger partial charge in [0.2, 0.25) is 5.91 Å². The molecule has 0 bridgehead atoms. The number of nitrogens with one attached hydrogen (secondary N) is 2. The van der Waals surface area contributed by atoms with Crippen LogP contribution in [0.5, 0.6) is 0 Å². The van der Waals surface area contributed by atoms with Crippen molar-refractivity contribution in [3.8, 4) is 0 Å². The fourth-order valence-corrected chi connectivity index (χ4v) is 1.68. The van der Waals surface area contributed by atoms with Crippen LogP contribution in [0.25, 0.3) is 0 Å². The topological polar surface area (TPSA) is 64.7 Å². The van der Waals surface area contributed by atoms with Gasteiger partial charge in [0.1, 0.15) is 0 Å². The first-order chi connectivity index (χ1) is 6.77. The summed E-state index contributed by atoms with van der Waals surface area (Å²) in [5, 5.41) is 4.46. The van der Waals surface area contributed by atoms with Crippen LogP contribution in [0.2, 0.25) is 0 Å². The van der Waals surface area contributed by atoms with Crippen LogP contribution >= 0.6 is 0 Å². The Morgan fingerprint density at radius 2 is 2.21 bits per heavy atom. The number of amides is 3. The first-order valence-corrected chi connectivity index (χ1v) is 4.84. The van der Waals surface area contributed by atoms with E-state index in [1.807, 2.05) is 5.01 Å². The van der Waals surface area contributed by atoms with Crippen molar-refractivity contribution < 1.29 is 9.59 Å². The van der Waals surface area contributed by atoms with Crippen molar-refractivity contribution in [1.29, 1.82) is 0 Å². The Morgan fingerprint density at radius 3 is 2.79 bits per heavy atom. The number of carbonyl (C=O) groups is 2. The predicted molar refractivity (Wildman–Crippen MR) is 49.3 cm³/mol. The monoisotopic (exact) mass is 198 g/mol. The highest BCUT2D eigenvalue weighted by molar-refractivity contribution is 5.96. The van der Waals surface area contributed by atoms with Crippen LogP contribution in [0.3, 0.4) is 0 Å². The summed E-state index contributed by atoms with van der Waals surface area (Å²) < 4.78 is 0. The summed E-state index contributed by atoms with van der Waals surface area (Å²) in [7, 11) is 0. The summed E-state index contributed by atoms with van der Waals surface area (Å²) in [4.78, 5) is 24.0. The van der Waals surface area contributed by atoms with Crippen LogP contribution in [0.15, 0.2) is 0 Å². The number of nitrogens with zero attached hydrogens (tertiary/aromatic N) is 2. The first kappa shape index (κ1) is 9.42. The molecular weight excluding hydrogens is 184 g/mol. The molecule has 0 unspecified atom stereocenters. The van der Waals surface area contributed by atoms with Crippen LogP contribution in [0, 0.1) is 0 Å². The molecule has 0 aromatic heterocycles. The van der Waals surface area contributed by atoms with Gasteiger partial charge in [-0.1, -0.05) is 0 Å². The summed E-state index contributed by atoms with van der Waals surface area (Å²) in [6.07, 6.45) is 1.06. The van der Waals surface area contributed by atoms with Crippen LogP contribution in [-0.4, -0.2) is 54.6 Å². The van der Waals surface area contributed by atoms with E-state index < -0.39 is 0 Å². The SMILES string of the molecule is O=C(CN1CCCN1)N1CCNC1=O. The van der Waals surface area contributed by atoms with Gasteiger partial charge in [-0.3, -0.25) is 15.1 Å². The number of imide groups is 1. The number of carbonyl (C=O) groups excluding carboxylic acids is 2. The zero-order valence-electron chi connectivity index (χ0n) is 7.95. The molecule has 2 heterocycles. The molecule has 6 heteroatoms. The summed E-state index contributed by atoms with van der Waals surface area (Å²) >= 11 is 0. The minimum atomic E-state index is -0.269. The first-order valence-electron chi connectivity index (χ1n) is 4.84. The molecule has 0 aromatic carbocycles. The predicted octanol–water partition coefficient (Wildman–Crippen LogP) is -1.25. The highest BCUT2D eigenvalue weighted by Gasteiger charge is 2.27. The van der Waals surface area contributed by atoms with Gasteiger partial charge in [-0.25, -0.2) is 9.80 Å². The maximum absolute atomic E-state index is 11.6. The van der Waals surface area contributed by atoms with E-state index in [0.29, 0.717) is 13.1 Å². The summed E-state index contributed by atoms with van der Waals surface area (Å²) in [5.41, 5.74) is 3.08. The second-order valence-corrected chi connectivity index (χ2v) is 3.46. The summed E-state index contributed by atoms with van der Waals surface area (Å²) in [6, 6.07) is -0.269. The van der Waals surface area contributed by atoms with E-state index in [0.717, 1.165) is 19.5 Å². The van der Waals surface area contributed by atoms with Gasteiger partial charge < -0.3 is 5.32 Å². The van der Waals surface area contributed by atoms with Crippen molar-refractivity contribution in [3.05, 3.63) is 0 Å². The van der Waals surface area contributed by atoms with E-state index in [4.69, 9.17) is 0 Å². The fraction of sp³-hybridized carbons (Fsp3) is 0.750. The van der Waals surface area contributed by atoms with Gasteiger partial charge in [-0.2, -0.15) is 0 Å². The molecule has 2 fully saturated rings. The minimum absolute atomic E-state index is 0.130. The average molecular weight is 198 g/mol. The van der Waals surface area contributed by atoms with E-state index in [2.05, 4.69) is 10.7 Å². The molecule has 2 saturated heterocycles. The molecule has 0 aliphatic carbocycles. The molecule has 0 radical (unpaired) electrons. The number of hydrazine groups is 1. The van der Waals surface area contributed by atoms with E-state index in [1.165, 1.54) is 4.90 Å². The van der Waals surface area contributed by atoms with Crippen molar-refractivity contribution in [2.24, 2.45) is 0 Å². The minimum Gasteiger partial charge on any atom is -0.336 e. The maximum atomic E-state index is 11.6. The molecule has 0 aromatic rings. The number of urea groups is 1. The molecule has 14 heavy (non-hydrogen) atoms. The Labute approximate surface area is 82.2 Å². The summed E-state index contributed by atoms with van der Waals surface area (Å²) in [5.74, 6) is -0.130. The summed E-state index contributed by atoms with van der Waals surface area (Å²) in [6.45, 7) is 3.14. The molecule has 2 N–H and O–H groups in total. The van der Waals surface area contributed by atoms with Gasteiger partial charge in [-0.05, 0) is 6.42 Å². The van der Waals surface area contributed by atoms with Crippen molar-refractivity contribution in [2.45, 2.75) is 6.42 Å². The Hall–Kier alpha value is -1.14. The normalized spacial score (nSPS) is 22.9. The number of rotatable bonds is 2. The Morgan fingerprint density at radius 1 is 1.36 bits per heavy atom. The molecule has 3 amide bonds. The van der Waals surface area contributed by atoms with Crippen molar-refractivity contribution in [2.75, 3.05) is 32.7 Å². The van der Waals surface area contributed by atoms with Gasteiger partial charge in [0.05, 0.1) is 6.54 Å². The molecule has 0 spiro atoms. The van der Waals surface area contributed by atoms with Crippen LogP contribution in [0.1, 0.15) is 6.42 Å². The molecular formula is C8H14N4O2. The van der Waals surface area contributed by atoms with Crippen LogP contribution in [0.4, 0.5) is 4.79 Å². The van der Waals surface area contributed by atoms with Crippen LogP contribution < -0.4 is 10.7 Å². The molecule has 78 valence electrons. The van der Waals surface area contributed by atoms with E-state index >= 15 is 0 Å². The highest BCUT2D eigenvalue weighted by Crippen LogP contribution is 2.01. The van der Waals surface area contributed by atoms with Crippen molar-refractivity contribution in [1.82, 2.24) is 20.7 Å². The second kappa shape index (κ2) is 3.93. The van der Waals surface area contributed by atoms with Gasteiger partial charge in [0.25, 0.3) is 0 Å². The Kier molecular flexibility index (Phi) is 2.64. The third-order valence-corrected chi connectivity index (χ3v) is 2.42. The highest BCUT2D eigenvalue weighted by atomic mass is 16.2. The van der Waals surface area contributed by atoms with Crippen molar-refractivity contribution in [3.63, 3.8) is 0 Å². The van der Waals surface area contributed by atoms with E-state index in [9.17, 15) is 9.59 Å². The Balaban J connectivity index is 1.85. The van der Waals surface area contributed by atoms with Crippen molar-refractivity contribution >= 4 is 11.9 Å². The molecule has 2 aliphatic heterocycles. The molecule has 0 saturated carbocycles. The molecule has 2 rings (SSSR count). The van der Waals surface area contributed by atoms with E-state index in [1.54, 1.807) is 0 Å². The van der Waals surface area contributed by atoms with E-state index in [-0.39, 0.29) is 18.5 Å². The lowest BCUT2D eigenvalue weighted by Crippen LogP contribution is -2.44. The van der Waals surface area contributed by atoms with Gasteiger partial charge >= 0.3 is 6.03 Å². The maximum Gasteiger partial charge on any atom is 0.324 e. The third kappa shape index (κ3) is 1.85. The molecule has 2 aliphatic rings. The van der Waals surface area contributed by atoms with Gasteiger partial charge in [0.15, 0.2) is 0 Å². The number of hydrogen-bond donors (Lipinski definition) is 2. The molecule has 0 atom stereocenters. The fourth-order valence-electron chi connectivity index (χ4n) is 1.68. The quantitative estimate of drug-likeness (QED) is 0.582. The second-order valence-electron chi connectivity index (χ2n) is 3.46. The lowest BCUT2D eigenvalue weighted by Gasteiger charge is -2.18. The largest absolute Gasteiger partial charge is 0.336 e. The lowest BCUT2D eigenvalue weighted by atomic mass is 10.4. The zero-order chi connectivity index (χ0) is 9.97. The van der Waals surface area contributed by atoms with Gasteiger partial charge in [0, 0.05) is 26.2 Å². The molecule has 6 nitrogen and oxygen atoms in total. The standard InChI is InChI=1S/C8H14N4O2/c13-7(6-11-4-1-2-10-11)12-5-3-9-8(12)14/h10H,1-6H2,(H,9,14). The van der Waals surface area contributed by atoms with Gasteiger partial charge in [-0.15, -0.1) is 0 Å². The number of hydrogen-bond acceptors (Lipinski definition) is 4. The third-order valence-electron chi connectivity index (χ3n) is 2.42. The Bertz CT molecular complexity index is 250. The lowest BCUT2D eigenvalue weighted by molar-refractivity contribution is -0.129. The zero-order valence-corrected chi connectivity index (χ0v) is 7.95. The smallest absolute Gasteiger partial charge is 0.324 e.